The lowest BCUT2D eigenvalue weighted by molar-refractivity contribution is 0.000952. The monoisotopic (exact) mass is 598 g/mol. The molecule has 0 aliphatic carbocycles. The molecular weight excluding hydrogens is 567 g/mol. The summed E-state index contributed by atoms with van der Waals surface area (Å²) in [7, 11) is 0. The zero-order chi connectivity index (χ0) is 30.2. The highest BCUT2D eigenvalue weighted by molar-refractivity contribution is 7.98. The fourth-order valence-electron chi connectivity index (χ4n) is 6.92. The number of hydrogen-bond acceptors (Lipinski definition) is 9. The molecule has 3 aliphatic heterocycles. The highest BCUT2D eigenvalue weighted by Crippen LogP contribution is 2.47. The first kappa shape index (κ1) is 27.7. The van der Waals surface area contributed by atoms with E-state index in [0.717, 1.165) is 18.2 Å². The standard InChI is InChI=1S/C32H31FN6O3S/c1-16-27-21-13-12-19(39(21)31(40)42-32(2,3)4)15-38(27)28-23-26(36-30(37-28)43-5)24(33)25(35-29(23)41-16)20-11-7-9-17-8-6-10-18(14-34)22(17)20/h6-11,16,19,21,27H,12-13,15H2,1-5H3/t16-,19+,21-,27+/m0/s1. The van der Waals surface area contributed by atoms with Crippen molar-refractivity contribution >= 4 is 45.3 Å². The smallest absolute Gasteiger partial charge is 0.410 e. The second-order valence-electron chi connectivity index (χ2n) is 12.3. The lowest BCUT2D eigenvalue weighted by Crippen LogP contribution is -2.65. The largest absolute Gasteiger partial charge is 0.472 e. The number of piperazine rings is 1. The second kappa shape index (κ2) is 9.95. The number of ether oxygens (including phenoxy) is 2. The number of pyridine rings is 1. The SMILES string of the molecule is CSc1nc2c3c(nc(-c4cccc5cccc(C#N)c45)c(F)c3n1)O[C@@H](C)[C@@H]1[C@@H]3CC[C@H](CN21)N3C(=O)OC(C)(C)C. The summed E-state index contributed by atoms with van der Waals surface area (Å²) in [4.78, 5) is 31.7. The number of nitrogens with zero attached hydrogens (tertiary/aromatic N) is 6. The summed E-state index contributed by atoms with van der Waals surface area (Å²) in [6.45, 7) is 8.07. The molecule has 220 valence electrons. The molecule has 2 fully saturated rings. The first-order valence-corrected chi connectivity index (χ1v) is 15.6. The molecule has 0 unspecified atom stereocenters. The number of carbonyl (C=O) groups excluding carboxylic acids is 1. The number of nitriles is 1. The van der Waals surface area contributed by atoms with E-state index in [0.29, 0.717) is 39.4 Å². The van der Waals surface area contributed by atoms with Crippen LogP contribution in [0.25, 0.3) is 32.9 Å². The van der Waals surface area contributed by atoms with Gasteiger partial charge in [0.1, 0.15) is 34.1 Å². The molecule has 4 atom stereocenters. The van der Waals surface area contributed by atoms with Gasteiger partial charge < -0.3 is 14.4 Å². The molecule has 5 heterocycles. The van der Waals surface area contributed by atoms with Gasteiger partial charge in [0.25, 0.3) is 0 Å². The topological polar surface area (TPSA) is 104 Å². The third-order valence-corrected chi connectivity index (χ3v) is 9.09. The number of hydrogen-bond donors (Lipinski definition) is 0. The van der Waals surface area contributed by atoms with Crippen molar-refractivity contribution < 1.29 is 18.7 Å². The van der Waals surface area contributed by atoms with Crippen LogP contribution in [-0.4, -0.2) is 68.6 Å². The van der Waals surface area contributed by atoms with Gasteiger partial charge in [-0.05, 0) is 58.2 Å². The lowest BCUT2D eigenvalue weighted by Gasteiger charge is -2.48. The third-order valence-electron chi connectivity index (χ3n) is 8.54. The fraction of sp³-hybridized carbons (Fsp3) is 0.406. The summed E-state index contributed by atoms with van der Waals surface area (Å²) < 4.78 is 29.1. The Morgan fingerprint density at radius 1 is 1.14 bits per heavy atom. The predicted molar refractivity (Wildman–Crippen MR) is 163 cm³/mol. The Kier molecular flexibility index (Phi) is 6.40. The van der Waals surface area contributed by atoms with Crippen molar-refractivity contribution in [2.24, 2.45) is 0 Å². The van der Waals surface area contributed by atoms with Gasteiger partial charge >= 0.3 is 6.09 Å². The highest BCUT2D eigenvalue weighted by Gasteiger charge is 2.53. The predicted octanol–water partition coefficient (Wildman–Crippen LogP) is 6.32. The molecule has 2 aromatic heterocycles. The Morgan fingerprint density at radius 2 is 1.91 bits per heavy atom. The maximum absolute atomic E-state index is 16.7. The number of thioether (sulfide) groups is 1. The number of benzene rings is 2. The summed E-state index contributed by atoms with van der Waals surface area (Å²) in [5, 5.41) is 12.1. The van der Waals surface area contributed by atoms with Gasteiger partial charge in [-0.1, -0.05) is 42.1 Å². The normalized spacial score (nSPS) is 22.6. The van der Waals surface area contributed by atoms with E-state index in [-0.39, 0.29) is 41.3 Å². The quantitative estimate of drug-likeness (QED) is 0.194. The van der Waals surface area contributed by atoms with E-state index in [2.05, 4.69) is 16.0 Å². The molecule has 9 nitrogen and oxygen atoms in total. The average molecular weight is 599 g/mol. The summed E-state index contributed by atoms with van der Waals surface area (Å²) in [5.74, 6) is 0.207. The minimum atomic E-state index is -0.619. The van der Waals surface area contributed by atoms with Crippen molar-refractivity contribution in [1.29, 1.82) is 5.26 Å². The Morgan fingerprint density at radius 3 is 2.63 bits per heavy atom. The zero-order valence-corrected chi connectivity index (χ0v) is 25.4. The van der Waals surface area contributed by atoms with Crippen LogP contribution in [0, 0.1) is 17.1 Å². The number of rotatable bonds is 2. The molecule has 1 amide bonds. The van der Waals surface area contributed by atoms with Crippen LogP contribution in [0.3, 0.4) is 0 Å². The van der Waals surface area contributed by atoms with Gasteiger partial charge in [0.2, 0.25) is 5.88 Å². The van der Waals surface area contributed by atoms with Gasteiger partial charge in [-0.3, -0.25) is 4.90 Å². The van der Waals surface area contributed by atoms with Crippen molar-refractivity contribution in [3.8, 4) is 23.2 Å². The molecule has 0 spiro atoms. The van der Waals surface area contributed by atoms with E-state index in [9.17, 15) is 10.1 Å². The maximum atomic E-state index is 16.7. The molecule has 43 heavy (non-hydrogen) atoms. The molecule has 2 bridgehead atoms. The molecule has 0 saturated carbocycles. The highest BCUT2D eigenvalue weighted by atomic mass is 32.2. The summed E-state index contributed by atoms with van der Waals surface area (Å²) >= 11 is 1.33. The van der Waals surface area contributed by atoms with E-state index in [4.69, 9.17) is 19.4 Å². The minimum absolute atomic E-state index is 0.0662. The molecule has 2 aromatic carbocycles. The summed E-state index contributed by atoms with van der Waals surface area (Å²) in [5.41, 5.74) is 0.488. The van der Waals surface area contributed by atoms with Gasteiger partial charge in [-0.15, -0.1) is 0 Å². The number of halogens is 1. The van der Waals surface area contributed by atoms with Crippen LogP contribution in [0.1, 0.15) is 46.1 Å². The molecule has 3 aliphatic rings. The van der Waals surface area contributed by atoms with Crippen LogP contribution < -0.4 is 9.64 Å². The van der Waals surface area contributed by atoms with Gasteiger partial charge in [0.05, 0.1) is 29.8 Å². The first-order chi connectivity index (χ1) is 20.6. The summed E-state index contributed by atoms with van der Waals surface area (Å²) in [6.07, 6.45) is 2.72. The average Bonchev–Trinajstić information content (AvgIpc) is 3.23. The van der Waals surface area contributed by atoms with Crippen LogP contribution in [0.2, 0.25) is 0 Å². The van der Waals surface area contributed by atoms with Gasteiger partial charge in [-0.25, -0.2) is 24.1 Å². The number of aromatic nitrogens is 3. The number of amides is 1. The number of anilines is 1. The molecule has 2 saturated heterocycles. The molecule has 11 heteroatoms. The zero-order valence-electron chi connectivity index (χ0n) is 24.6. The molecule has 0 radical (unpaired) electrons. The van der Waals surface area contributed by atoms with E-state index in [1.54, 1.807) is 12.1 Å². The van der Waals surface area contributed by atoms with Crippen LogP contribution in [0.5, 0.6) is 5.88 Å². The third kappa shape index (κ3) is 4.34. The van der Waals surface area contributed by atoms with Crippen molar-refractivity contribution in [1.82, 2.24) is 19.9 Å². The van der Waals surface area contributed by atoms with Crippen molar-refractivity contribution in [3.63, 3.8) is 0 Å². The fourth-order valence-corrected chi connectivity index (χ4v) is 7.28. The van der Waals surface area contributed by atoms with E-state index >= 15 is 4.39 Å². The van der Waals surface area contributed by atoms with Crippen molar-refractivity contribution in [3.05, 3.63) is 47.8 Å². The van der Waals surface area contributed by atoms with Crippen molar-refractivity contribution in [2.75, 3.05) is 17.7 Å². The summed E-state index contributed by atoms with van der Waals surface area (Å²) in [6, 6.07) is 12.6. The lowest BCUT2D eigenvalue weighted by atomic mass is 9.97. The van der Waals surface area contributed by atoms with E-state index in [1.807, 2.05) is 63.1 Å². The molecule has 7 rings (SSSR count). The Balaban J connectivity index is 1.42. The minimum Gasteiger partial charge on any atom is -0.472 e. The van der Waals surface area contributed by atoms with Crippen LogP contribution >= 0.6 is 11.8 Å². The van der Waals surface area contributed by atoms with Crippen molar-refractivity contribution in [2.45, 2.75) is 75.5 Å². The first-order valence-electron chi connectivity index (χ1n) is 14.4. The number of fused-ring (bicyclic) bond motifs is 6. The van der Waals surface area contributed by atoms with Crippen LogP contribution in [0.15, 0.2) is 41.6 Å². The van der Waals surface area contributed by atoms with Gasteiger partial charge in [-0.2, -0.15) is 5.26 Å². The van der Waals surface area contributed by atoms with Gasteiger partial charge in [0.15, 0.2) is 11.0 Å². The Labute approximate surface area is 253 Å². The molecular formula is C32H31FN6O3S. The maximum Gasteiger partial charge on any atom is 0.410 e. The molecule has 4 aromatic rings. The van der Waals surface area contributed by atoms with E-state index in [1.165, 1.54) is 11.8 Å². The second-order valence-corrected chi connectivity index (χ2v) is 13.1. The Hall–Kier alpha value is -4.17. The van der Waals surface area contributed by atoms with E-state index < -0.39 is 17.5 Å². The van der Waals surface area contributed by atoms with Crippen LogP contribution in [0.4, 0.5) is 15.0 Å². The molecule has 0 N–H and O–H groups in total. The van der Waals surface area contributed by atoms with Gasteiger partial charge in [0, 0.05) is 17.5 Å². The Bertz CT molecular complexity index is 1850. The number of carbonyl (C=O) groups is 1. The van der Waals surface area contributed by atoms with Crippen LogP contribution in [-0.2, 0) is 4.74 Å².